The third-order valence-electron chi connectivity index (χ3n) is 2.53. The second kappa shape index (κ2) is 5.42. The lowest BCUT2D eigenvalue weighted by Gasteiger charge is -2.06. The molecule has 0 spiro atoms. The van der Waals surface area contributed by atoms with Crippen LogP contribution in [0, 0.1) is 0 Å². The quantitative estimate of drug-likeness (QED) is 0.787. The Morgan fingerprint density at radius 1 is 1.11 bits per heavy atom. The first-order valence-electron chi connectivity index (χ1n) is 5.26. The van der Waals surface area contributed by atoms with Crippen LogP contribution in [0.1, 0.15) is 15.9 Å². The molecule has 0 N–H and O–H groups in total. The number of hydrogen-bond acceptors (Lipinski definition) is 2. The molecule has 92 valence electrons. The number of halogens is 2. The molecule has 0 fully saturated rings. The van der Waals surface area contributed by atoms with E-state index in [0.29, 0.717) is 21.9 Å². The minimum atomic E-state index is -0.179. The van der Waals surface area contributed by atoms with Crippen molar-refractivity contribution in [2.45, 2.75) is 0 Å². The van der Waals surface area contributed by atoms with Gasteiger partial charge in [-0.15, -0.1) is 0 Å². The van der Waals surface area contributed by atoms with Gasteiger partial charge in [0.25, 0.3) is 0 Å². The normalized spacial score (nSPS) is 10.2. The summed E-state index contributed by atoms with van der Waals surface area (Å²) in [5.41, 5.74) is 0.899. The van der Waals surface area contributed by atoms with Crippen molar-refractivity contribution < 1.29 is 9.53 Å². The summed E-state index contributed by atoms with van der Waals surface area (Å²) >= 11 is 11.9. The van der Waals surface area contributed by atoms with Crippen LogP contribution in [0.2, 0.25) is 10.0 Å². The number of methoxy groups -OCH3 is 1. The summed E-state index contributed by atoms with van der Waals surface area (Å²) in [5.74, 6) is 0.445. The Bertz CT molecular complexity index is 594. The smallest absolute Gasteiger partial charge is 0.194 e. The first kappa shape index (κ1) is 12.9. The molecule has 0 aliphatic carbocycles. The molecule has 0 aliphatic heterocycles. The Morgan fingerprint density at radius 2 is 1.83 bits per heavy atom. The van der Waals surface area contributed by atoms with Gasteiger partial charge in [0.2, 0.25) is 0 Å². The van der Waals surface area contributed by atoms with Crippen molar-refractivity contribution in [1.82, 2.24) is 0 Å². The van der Waals surface area contributed by atoms with E-state index in [2.05, 4.69) is 0 Å². The molecule has 0 aliphatic rings. The standard InChI is InChI=1S/C14H10Cl2O2/c1-18-10-5-2-4-9(8-10)14(17)11-6-3-7-12(15)13(11)16/h2-8H,1H3. The fourth-order valence-corrected chi connectivity index (χ4v) is 1.99. The maximum absolute atomic E-state index is 12.3. The molecular weight excluding hydrogens is 271 g/mol. The van der Waals surface area contributed by atoms with E-state index >= 15 is 0 Å². The lowest BCUT2D eigenvalue weighted by molar-refractivity contribution is 0.103. The number of benzene rings is 2. The van der Waals surface area contributed by atoms with Crippen LogP contribution in [-0.4, -0.2) is 12.9 Å². The van der Waals surface area contributed by atoms with Crippen LogP contribution in [0.3, 0.4) is 0 Å². The van der Waals surface area contributed by atoms with E-state index in [-0.39, 0.29) is 10.8 Å². The van der Waals surface area contributed by atoms with Crippen LogP contribution < -0.4 is 4.74 Å². The zero-order valence-corrected chi connectivity index (χ0v) is 11.1. The van der Waals surface area contributed by atoms with E-state index < -0.39 is 0 Å². The summed E-state index contributed by atoms with van der Waals surface area (Å²) in [6, 6.07) is 11.9. The van der Waals surface area contributed by atoms with Gasteiger partial charge in [-0.1, -0.05) is 41.4 Å². The molecule has 0 bridgehead atoms. The van der Waals surface area contributed by atoms with E-state index in [9.17, 15) is 4.79 Å². The van der Waals surface area contributed by atoms with Crippen LogP contribution >= 0.6 is 23.2 Å². The molecule has 0 amide bonds. The molecule has 2 rings (SSSR count). The van der Waals surface area contributed by atoms with E-state index in [4.69, 9.17) is 27.9 Å². The van der Waals surface area contributed by atoms with Gasteiger partial charge in [0.05, 0.1) is 17.2 Å². The summed E-state index contributed by atoms with van der Waals surface area (Å²) in [5, 5.41) is 0.636. The predicted molar refractivity (Wildman–Crippen MR) is 72.9 cm³/mol. The van der Waals surface area contributed by atoms with Gasteiger partial charge in [0, 0.05) is 11.1 Å². The van der Waals surface area contributed by atoms with Gasteiger partial charge in [0.15, 0.2) is 5.78 Å². The minimum absolute atomic E-state index is 0.179. The average Bonchev–Trinajstić information content (AvgIpc) is 2.41. The van der Waals surface area contributed by atoms with Gasteiger partial charge in [-0.05, 0) is 24.3 Å². The van der Waals surface area contributed by atoms with Crippen LogP contribution in [0.25, 0.3) is 0 Å². The zero-order valence-electron chi connectivity index (χ0n) is 9.61. The third-order valence-corrected chi connectivity index (χ3v) is 3.35. The molecule has 0 saturated carbocycles. The molecular formula is C14H10Cl2O2. The highest BCUT2D eigenvalue weighted by molar-refractivity contribution is 6.44. The molecule has 0 heterocycles. The van der Waals surface area contributed by atoms with Gasteiger partial charge < -0.3 is 4.74 Å². The number of carbonyl (C=O) groups excluding carboxylic acids is 1. The molecule has 4 heteroatoms. The molecule has 18 heavy (non-hydrogen) atoms. The molecule has 0 radical (unpaired) electrons. The van der Waals surface area contributed by atoms with Gasteiger partial charge in [-0.25, -0.2) is 0 Å². The summed E-state index contributed by atoms with van der Waals surface area (Å²) in [7, 11) is 1.55. The zero-order chi connectivity index (χ0) is 13.1. The monoisotopic (exact) mass is 280 g/mol. The van der Waals surface area contributed by atoms with Crippen molar-refractivity contribution in [2.75, 3.05) is 7.11 Å². The van der Waals surface area contributed by atoms with Crippen LogP contribution in [-0.2, 0) is 0 Å². The Kier molecular flexibility index (Phi) is 3.90. The second-order valence-electron chi connectivity index (χ2n) is 3.66. The Hall–Kier alpha value is -1.51. The summed E-state index contributed by atoms with van der Waals surface area (Å²) in [6.45, 7) is 0. The third kappa shape index (κ3) is 2.50. The molecule has 2 aromatic carbocycles. The molecule has 0 saturated heterocycles. The Balaban J connectivity index is 2.44. The maximum Gasteiger partial charge on any atom is 0.194 e. The van der Waals surface area contributed by atoms with Crippen molar-refractivity contribution in [3.05, 3.63) is 63.6 Å². The molecule has 0 unspecified atom stereocenters. The number of rotatable bonds is 3. The van der Waals surface area contributed by atoms with Crippen molar-refractivity contribution in [3.8, 4) is 5.75 Å². The fourth-order valence-electron chi connectivity index (χ4n) is 1.60. The molecule has 2 aromatic rings. The van der Waals surface area contributed by atoms with E-state index in [1.807, 2.05) is 0 Å². The molecule has 0 aromatic heterocycles. The minimum Gasteiger partial charge on any atom is -0.497 e. The van der Waals surface area contributed by atoms with Gasteiger partial charge in [-0.2, -0.15) is 0 Å². The summed E-state index contributed by atoms with van der Waals surface area (Å²) in [6.07, 6.45) is 0. The van der Waals surface area contributed by atoms with Crippen LogP contribution in [0.4, 0.5) is 0 Å². The number of ketones is 1. The van der Waals surface area contributed by atoms with Crippen LogP contribution in [0.5, 0.6) is 5.75 Å². The lowest BCUT2D eigenvalue weighted by atomic mass is 10.0. The number of ether oxygens (including phenoxy) is 1. The Labute approximate surface area is 115 Å². The van der Waals surface area contributed by atoms with Crippen molar-refractivity contribution in [2.24, 2.45) is 0 Å². The summed E-state index contributed by atoms with van der Waals surface area (Å²) in [4.78, 5) is 12.3. The fraction of sp³-hybridized carbons (Fsp3) is 0.0714. The van der Waals surface area contributed by atoms with Gasteiger partial charge in [-0.3, -0.25) is 4.79 Å². The molecule has 2 nitrogen and oxygen atoms in total. The van der Waals surface area contributed by atoms with Crippen molar-refractivity contribution in [3.63, 3.8) is 0 Å². The van der Waals surface area contributed by atoms with Gasteiger partial charge >= 0.3 is 0 Å². The SMILES string of the molecule is COc1cccc(C(=O)c2cccc(Cl)c2Cl)c1. The maximum atomic E-state index is 12.3. The second-order valence-corrected chi connectivity index (χ2v) is 4.45. The predicted octanol–water partition coefficient (Wildman–Crippen LogP) is 4.23. The first-order chi connectivity index (χ1) is 8.63. The first-order valence-corrected chi connectivity index (χ1v) is 6.02. The Morgan fingerprint density at radius 3 is 2.56 bits per heavy atom. The van der Waals surface area contributed by atoms with Crippen molar-refractivity contribution >= 4 is 29.0 Å². The van der Waals surface area contributed by atoms with E-state index in [1.54, 1.807) is 49.6 Å². The largest absolute Gasteiger partial charge is 0.497 e. The summed E-state index contributed by atoms with van der Waals surface area (Å²) < 4.78 is 5.08. The number of hydrogen-bond donors (Lipinski definition) is 0. The van der Waals surface area contributed by atoms with E-state index in [1.165, 1.54) is 0 Å². The highest BCUT2D eigenvalue weighted by Crippen LogP contribution is 2.28. The van der Waals surface area contributed by atoms with E-state index in [0.717, 1.165) is 0 Å². The number of carbonyl (C=O) groups is 1. The van der Waals surface area contributed by atoms with Gasteiger partial charge in [0.1, 0.15) is 5.75 Å². The average molecular weight is 281 g/mol. The lowest BCUT2D eigenvalue weighted by Crippen LogP contribution is -2.02. The topological polar surface area (TPSA) is 26.3 Å². The van der Waals surface area contributed by atoms with Crippen LogP contribution in [0.15, 0.2) is 42.5 Å². The highest BCUT2D eigenvalue weighted by Gasteiger charge is 2.14. The highest BCUT2D eigenvalue weighted by atomic mass is 35.5. The molecule has 0 atom stereocenters. The van der Waals surface area contributed by atoms with Crippen molar-refractivity contribution in [1.29, 1.82) is 0 Å².